The number of amides is 1. The molecular weight excluding hydrogens is 218 g/mol. The van der Waals surface area contributed by atoms with E-state index >= 15 is 0 Å². The van der Waals surface area contributed by atoms with Crippen molar-refractivity contribution in [3.05, 3.63) is 36.6 Å². The predicted octanol–water partition coefficient (Wildman–Crippen LogP) is 2.67. The number of fused-ring (bicyclic) bond motifs is 1. The lowest BCUT2D eigenvalue weighted by molar-refractivity contribution is -0.122. The topological polar surface area (TPSA) is 51.5 Å². The van der Waals surface area contributed by atoms with Crippen LogP contribution in [0.5, 0.6) is 5.75 Å². The van der Waals surface area contributed by atoms with Crippen LogP contribution in [-0.4, -0.2) is 12.0 Å². The van der Waals surface area contributed by atoms with Crippen molar-refractivity contribution in [3.8, 4) is 17.1 Å². The molecule has 0 saturated heterocycles. The van der Waals surface area contributed by atoms with E-state index in [0.717, 1.165) is 5.56 Å². The van der Waals surface area contributed by atoms with Gasteiger partial charge in [-0.2, -0.15) is 0 Å². The molecule has 1 aliphatic rings. The molecule has 0 aliphatic carbocycles. The van der Waals surface area contributed by atoms with E-state index in [4.69, 9.17) is 9.15 Å². The van der Waals surface area contributed by atoms with Gasteiger partial charge in [-0.15, -0.1) is 0 Å². The molecule has 3 rings (SSSR count). The molecule has 4 heteroatoms. The number of nitrogens with one attached hydrogen (secondary N) is 1. The summed E-state index contributed by atoms with van der Waals surface area (Å²) in [5, 5.41) is 2.84. The number of anilines is 1. The third-order valence-corrected chi connectivity index (χ3v) is 2.73. The van der Waals surface area contributed by atoms with Crippen LogP contribution in [0.4, 0.5) is 5.69 Å². The van der Waals surface area contributed by atoms with Crippen molar-refractivity contribution in [2.24, 2.45) is 0 Å². The van der Waals surface area contributed by atoms with Crippen molar-refractivity contribution >= 4 is 11.6 Å². The lowest BCUT2D eigenvalue weighted by atomic mass is 10.1. The van der Waals surface area contributed by atoms with Crippen LogP contribution in [0.25, 0.3) is 11.3 Å². The van der Waals surface area contributed by atoms with Crippen molar-refractivity contribution < 1.29 is 13.9 Å². The molecule has 1 aliphatic heterocycles. The van der Waals surface area contributed by atoms with Crippen LogP contribution in [-0.2, 0) is 4.79 Å². The molecule has 1 atom stereocenters. The zero-order chi connectivity index (χ0) is 11.8. The van der Waals surface area contributed by atoms with Crippen LogP contribution >= 0.6 is 0 Å². The fourth-order valence-corrected chi connectivity index (χ4v) is 1.86. The standard InChI is InChI=1S/C13H11NO3/c1-8-13(15)14-12-9(10-6-3-7-16-10)4-2-5-11(12)17-8/h2-8H,1H3,(H,14,15). The third kappa shape index (κ3) is 1.58. The van der Waals surface area contributed by atoms with Crippen molar-refractivity contribution in [1.29, 1.82) is 0 Å². The number of furan rings is 1. The Hall–Kier alpha value is -2.23. The summed E-state index contributed by atoms with van der Waals surface area (Å²) in [7, 11) is 0. The summed E-state index contributed by atoms with van der Waals surface area (Å²) in [6, 6.07) is 9.25. The van der Waals surface area contributed by atoms with Gasteiger partial charge in [0.15, 0.2) is 6.10 Å². The smallest absolute Gasteiger partial charge is 0.265 e. The maximum atomic E-state index is 11.6. The number of rotatable bonds is 1. The van der Waals surface area contributed by atoms with Gasteiger partial charge in [0.05, 0.1) is 12.0 Å². The minimum atomic E-state index is -0.464. The molecule has 17 heavy (non-hydrogen) atoms. The molecule has 86 valence electrons. The molecule has 2 heterocycles. The van der Waals surface area contributed by atoms with E-state index in [1.807, 2.05) is 30.3 Å². The highest BCUT2D eigenvalue weighted by Crippen LogP contribution is 2.38. The number of benzene rings is 1. The Kier molecular flexibility index (Phi) is 2.14. The third-order valence-electron chi connectivity index (χ3n) is 2.73. The Balaban J connectivity index is 2.14. The van der Waals surface area contributed by atoms with Gasteiger partial charge in [-0.05, 0) is 31.2 Å². The minimum absolute atomic E-state index is 0.142. The largest absolute Gasteiger partial charge is 0.479 e. The first-order chi connectivity index (χ1) is 8.25. The molecular formula is C13H11NO3. The van der Waals surface area contributed by atoms with Crippen molar-refractivity contribution in [2.45, 2.75) is 13.0 Å². The molecule has 0 bridgehead atoms. The molecule has 1 N–H and O–H groups in total. The summed E-state index contributed by atoms with van der Waals surface area (Å²) < 4.78 is 10.9. The van der Waals surface area contributed by atoms with Gasteiger partial charge in [0.2, 0.25) is 0 Å². The van der Waals surface area contributed by atoms with Crippen LogP contribution < -0.4 is 10.1 Å². The SMILES string of the molecule is CC1Oc2cccc(-c3ccco3)c2NC1=O. The minimum Gasteiger partial charge on any atom is -0.479 e. The molecule has 1 unspecified atom stereocenters. The summed E-state index contributed by atoms with van der Waals surface area (Å²) in [6.07, 6.45) is 1.14. The molecule has 2 aromatic rings. The number of para-hydroxylation sites is 1. The average molecular weight is 229 g/mol. The molecule has 4 nitrogen and oxygen atoms in total. The maximum Gasteiger partial charge on any atom is 0.265 e. The number of carbonyl (C=O) groups excluding carboxylic acids is 1. The van der Waals surface area contributed by atoms with Gasteiger partial charge in [0.25, 0.3) is 5.91 Å². The van der Waals surface area contributed by atoms with E-state index in [1.165, 1.54) is 0 Å². The Morgan fingerprint density at radius 3 is 2.88 bits per heavy atom. The lowest BCUT2D eigenvalue weighted by Crippen LogP contribution is -2.34. The summed E-state index contributed by atoms with van der Waals surface area (Å²) in [6.45, 7) is 1.72. The van der Waals surface area contributed by atoms with E-state index < -0.39 is 6.10 Å². The second-order valence-electron chi connectivity index (χ2n) is 3.91. The van der Waals surface area contributed by atoms with Crippen molar-refractivity contribution in [3.63, 3.8) is 0 Å². The highest BCUT2D eigenvalue weighted by Gasteiger charge is 2.26. The van der Waals surface area contributed by atoms with E-state index in [2.05, 4.69) is 5.32 Å². The second kappa shape index (κ2) is 3.66. The van der Waals surface area contributed by atoms with Crippen LogP contribution in [0, 0.1) is 0 Å². The molecule has 0 spiro atoms. The molecule has 1 aromatic carbocycles. The zero-order valence-electron chi connectivity index (χ0n) is 9.27. The average Bonchev–Trinajstić information content (AvgIpc) is 2.83. The Morgan fingerprint density at radius 1 is 1.24 bits per heavy atom. The summed E-state index contributed by atoms with van der Waals surface area (Å²) in [5.74, 6) is 1.24. The second-order valence-corrected chi connectivity index (χ2v) is 3.91. The molecule has 0 radical (unpaired) electrons. The molecule has 0 saturated carbocycles. The highest BCUT2D eigenvalue weighted by molar-refractivity contribution is 6.01. The lowest BCUT2D eigenvalue weighted by Gasteiger charge is -2.24. The van der Waals surface area contributed by atoms with Gasteiger partial charge in [-0.1, -0.05) is 6.07 Å². The van der Waals surface area contributed by atoms with Crippen LogP contribution in [0.1, 0.15) is 6.92 Å². The summed E-state index contributed by atoms with van der Waals surface area (Å²) in [4.78, 5) is 11.6. The first-order valence-electron chi connectivity index (χ1n) is 5.40. The number of hydrogen-bond acceptors (Lipinski definition) is 3. The van der Waals surface area contributed by atoms with Crippen LogP contribution in [0.15, 0.2) is 41.0 Å². The maximum absolute atomic E-state index is 11.6. The van der Waals surface area contributed by atoms with Gasteiger partial charge >= 0.3 is 0 Å². The Labute approximate surface area is 98.2 Å². The van der Waals surface area contributed by atoms with E-state index in [9.17, 15) is 4.79 Å². The van der Waals surface area contributed by atoms with Gasteiger partial charge in [0.1, 0.15) is 11.5 Å². The van der Waals surface area contributed by atoms with Gasteiger partial charge in [-0.3, -0.25) is 4.79 Å². The van der Waals surface area contributed by atoms with Crippen molar-refractivity contribution in [2.75, 3.05) is 5.32 Å². The predicted molar refractivity (Wildman–Crippen MR) is 62.9 cm³/mol. The number of ether oxygens (including phenoxy) is 1. The quantitative estimate of drug-likeness (QED) is 0.817. The van der Waals surface area contributed by atoms with Gasteiger partial charge < -0.3 is 14.5 Å². The van der Waals surface area contributed by atoms with Gasteiger partial charge in [-0.25, -0.2) is 0 Å². The van der Waals surface area contributed by atoms with Gasteiger partial charge in [0, 0.05) is 5.56 Å². The molecule has 0 fully saturated rings. The summed E-state index contributed by atoms with van der Waals surface area (Å²) in [5.41, 5.74) is 1.50. The summed E-state index contributed by atoms with van der Waals surface area (Å²) >= 11 is 0. The monoisotopic (exact) mass is 229 g/mol. The zero-order valence-corrected chi connectivity index (χ0v) is 9.27. The first kappa shape index (κ1) is 9.96. The van der Waals surface area contributed by atoms with Crippen LogP contribution in [0.2, 0.25) is 0 Å². The number of carbonyl (C=O) groups is 1. The van der Waals surface area contributed by atoms with Crippen LogP contribution in [0.3, 0.4) is 0 Å². The first-order valence-corrected chi connectivity index (χ1v) is 5.40. The molecule has 1 aromatic heterocycles. The van der Waals surface area contributed by atoms with E-state index in [1.54, 1.807) is 13.2 Å². The van der Waals surface area contributed by atoms with E-state index in [0.29, 0.717) is 17.2 Å². The Bertz CT molecular complexity index is 560. The van der Waals surface area contributed by atoms with E-state index in [-0.39, 0.29) is 5.91 Å². The highest BCUT2D eigenvalue weighted by atomic mass is 16.5. The fraction of sp³-hybridized carbons (Fsp3) is 0.154. The Morgan fingerprint density at radius 2 is 2.12 bits per heavy atom. The fourth-order valence-electron chi connectivity index (χ4n) is 1.86. The number of hydrogen-bond donors (Lipinski definition) is 1. The normalized spacial score (nSPS) is 18.2. The van der Waals surface area contributed by atoms with Crippen molar-refractivity contribution in [1.82, 2.24) is 0 Å². The molecule has 1 amide bonds.